The molecule has 0 N–H and O–H groups in total. The molecule has 1 aliphatic heterocycles. The van der Waals surface area contributed by atoms with Gasteiger partial charge >= 0.3 is 0 Å². The molecular weight excluding hydrogens is 286 g/mol. The van der Waals surface area contributed by atoms with E-state index in [2.05, 4.69) is 61.2 Å². The van der Waals surface area contributed by atoms with Gasteiger partial charge in [-0.15, -0.1) is 0 Å². The van der Waals surface area contributed by atoms with Gasteiger partial charge in [0.2, 0.25) is 0 Å². The van der Waals surface area contributed by atoms with Crippen molar-refractivity contribution in [2.24, 2.45) is 0 Å². The van der Waals surface area contributed by atoms with Gasteiger partial charge in [-0.3, -0.25) is 4.90 Å². The fourth-order valence-electron chi connectivity index (χ4n) is 3.35. The van der Waals surface area contributed by atoms with Crippen LogP contribution in [0.1, 0.15) is 26.7 Å². The fraction of sp³-hybridized carbons (Fsp3) is 0.500. The van der Waals surface area contributed by atoms with E-state index in [-0.39, 0.29) is 0 Å². The molecule has 2 aromatic rings. The Morgan fingerprint density at radius 1 is 1.00 bits per heavy atom. The van der Waals surface area contributed by atoms with Gasteiger partial charge in [-0.05, 0) is 56.1 Å². The molecule has 3 heteroatoms. The van der Waals surface area contributed by atoms with E-state index < -0.39 is 0 Å². The van der Waals surface area contributed by atoms with Gasteiger partial charge in [0.1, 0.15) is 5.75 Å². The van der Waals surface area contributed by atoms with Crippen LogP contribution in [-0.4, -0.2) is 43.3 Å². The Morgan fingerprint density at radius 2 is 1.74 bits per heavy atom. The molecule has 0 aliphatic carbocycles. The normalized spacial score (nSPS) is 22.3. The van der Waals surface area contributed by atoms with Crippen molar-refractivity contribution >= 4 is 10.8 Å². The number of ether oxygens (including phenoxy) is 2. The van der Waals surface area contributed by atoms with Crippen LogP contribution in [0.5, 0.6) is 5.75 Å². The van der Waals surface area contributed by atoms with Crippen molar-refractivity contribution in [1.29, 1.82) is 0 Å². The molecule has 23 heavy (non-hydrogen) atoms. The minimum absolute atomic E-state index is 0.354. The van der Waals surface area contributed by atoms with E-state index in [0.717, 1.165) is 38.4 Å². The molecule has 2 atom stereocenters. The Balaban J connectivity index is 1.39. The number of fused-ring (bicyclic) bond motifs is 1. The van der Waals surface area contributed by atoms with E-state index in [9.17, 15) is 0 Å². The quantitative estimate of drug-likeness (QED) is 0.749. The first-order valence-corrected chi connectivity index (χ1v) is 8.70. The molecule has 0 aromatic heterocycles. The molecule has 0 amide bonds. The van der Waals surface area contributed by atoms with E-state index in [1.165, 1.54) is 17.2 Å². The molecule has 0 bridgehead atoms. The molecule has 3 nitrogen and oxygen atoms in total. The lowest BCUT2D eigenvalue weighted by Gasteiger charge is -2.35. The Morgan fingerprint density at radius 3 is 2.52 bits per heavy atom. The van der Waals surface area contributed by atoms with Gasteiger partial charge < -0.3 is 9.47 Å². The van der Waals surface area contributed by atoms with Crippen LogP contribution >= 0.6 is 0 Å². The highest BCUT2D eigenvalue weighted by Gasteiger charge is 2.21. The van der Waals surface area contributed by atoms with E-state index in [1.54, 1.807) is 0 Å². The number of morpholine rings is 1. The van der Waals surface area contributed by atoms with Crippen LogP contribution in [0, 0.1) is 0 Å². The standard InChI is InChI=1S/C20H27NO2/c1-16-14-21(15-17(2)23-16)11-5-6-12-22-20-10-9-18-7-3-4-8-19(18)13-20/h3-4,7-10,13,16-17H,5-6,11-12,14-15H2,1-2H3/t16-,17+. The lowest BCUT2D eigenvalue weighted by atomic mass is 10.1. The van der Waals surface area contributed by atoms with E-state index in [4.69, 9.17) is 9.47 Å². The molecule has 1 fully saturated rings. The summed E-state index contributed by atoms with van der Waals surface area (Å²) in [4.78, 5) is 2.51. The largest absolute Gasteiger partial charge is 0.494 e. The molecule has 1 heterocycles. The summed E-state index contributed by atoms with van der Waals surface area (Å²) in [6.07, 6.45) is 2.97. The van der Waals surface area contributed by atoms with Crippen LogP contribution in [0.25, 0.3) is 10.8 Å². The van der Waals surface area contributed by atoms with Crippen LogP contribution in [-0.2, 0) is 4.74 Å². The Hall–Kier alpha value is -1.58. The maximum Gasteiger partial charge on any atom is 0.119 e. The van der Waals surface area contributed by atoms with Gasteiger partial charge in [-0.25, -0.2) is 0 Å². The second-order valence-corrected chi connectivity index (χ2v) is 6.58. The van der Waals surface area contributed by atoms with Crippen LogP contribution in [0.4, 0.5) is 0 Å². The van der Waals surface area contributed by atoms with Gasteiger partial charge in [-0.1, -0.05) is 30.3 Å². The van der Waals surface area contributed by atoms with Crippen LogP contribution in [0.2, 0.25) is 0 Å². The average molecular weight is 313 g/mol. The number of unbranched alkanes of at least 4 members (excludes halogenated alkanes) is 1. The zero-order chi connectivity index (χ0) is 16.1. The Kier molecular flexibility index (Phi) is 5.52. The number of nitrogens with zero attached hydrogens (tertiary/aromatic N) is 1. The van der Waals surface area contributed by atoms with E-state index >= 15 is 0 Å². The summed E-state index contributed by atoms with van der Waals surface area (Å²) in [5, 5.41) is 2.50. The van der Waals surface area contributed by atoms with E-state index in [0.29, 0.717) is 12.2 Å². The second-order valence-electron chi connectivity index (χ2n) is 6.58. The van der Waals surface area contributed by atoms with Crippen molar-refractivity contribution < 1.29 is 9.47 Å². The molecule has 0 radical (unpaired) electrons. The van der Waals surface area contributed by atoms with Crippen molar-refractivity contribution in [3.05, 3.63) is 42.5 Å². The zero-order valence-electron chi connectivity index (χ0n) is 14.2. The number of benzene rings is 2. The topological polar surface area (TPSA) is 21.7 Å². The molecule has 0 unspecified atom stereocenters. The highest BCUT2D eigenvalue weighted by molar-refractivity contribution is 5.83. The minimum Gasteiger partial charge on any atom is -0.494 e. The first kappa shape index (κ1) is 16.3. The Bertz CT molecular complexity index is 618. The molecule has 124 valence electrons. The van der Waals surface area contributed by atoms with Crippen molar-refractivity contribution in [3.8, 4) is 5.75 Å². The fourth-order valence-corrected chi connectivity index (χ4v) is 3.35. The maximum atomic E-state index is 5.90. The smallest absolute Gasteiger partial charge is 0.119 e. The van der Waals surface area contributed by atoms with Crippen molar-refractivity contribution in [2.45, 2.75) is 38.9 Å². The molecule has 0 spiro atoms. The summed E-state index contributed by atoms with van der Waals surface area (Å²) in [5.74, 6) is 0.970. The van der Waals surface area contributed by atoms with Crippen molar-refractivity contribution in [3.63, 3.8) is 0 Å². The van der Waals surface area contributed by atoms with Crippen LogP contribution < -0.4 is 4.74 Å². The van der Waals surface area contributed by atoms with Crippen LogP contribution in [0.3, 0.4) is 0 Å². The number of hydrogen-bond donors (Lipinski definition) is 0. The number of rotatable bonds is 6. The second kappa shape index (κ2) is 7.80. The van der Waals surface area contributed by atoms with Gasteiger partial charge in [0.05, 0.1) is 18.8 Å². The minimum atomic E-state index is 0.354. The molecular formula is C20H27NO2. The molecule has 3 rings (SSSR count). The first-order chi connectivity index (χ1) is 11.2. The third-order valence-corrected chi connectivity index (χ3v) is 4.35. The lowest BCUT2D eigenvalue weighted by molar-refractivity contribution is -0.0682. The Labute approximate surface area is 139 Å². The summed E-state index contributed by atoms with van der Waals surface area (Å²) in [7, 11) is 0. The van der Waals surface area contributed by atoms with Gasteiger partial charge in [-0.2, -0.15) is 0 Å². The lowest BCUT2D eigenvalue weighted by Crippen LogP contribution is -2.45. The predicted octanol–water partition coefficient (Wildman–Crippen LogP) is 4.11. The predicted molar refractivity (Wildman–Crippen MR) is 95.1 cm³/mol. The summed E-state index contributed by atoms with van der Waals surface area (Å²) in [6.45, 7) is 8.34. The highest BCUT2D eigenvalue weighted by Crippen LogP contribution is 2.20. The average Bonchev–Trinajstić information content (AvgIpc) is 2.53. The molecule has 2 aromatic carbocycles. The summed E-state index contributed by atoms with van der Waals surface area (Å²) < 4.78 is 11.7. The maximum absolute atomic E-state index is 5.90. The summed E-state index contributed by atoms with van der Waals surface area (Å²) in [5.41, 5.74) is 0. The monoisotopic (exact) mass is 313 g/mol. The van der Waals surface area contributed by atoms with Crippen LogP contribution in [0.15, 0.2) is 42.5 Å². The van der Waals surface area contributed by atoms with Crippen molar-refractivity contribution in [1.82, 2.24) is 4.90 Å². The zero-order valence-corrected chi connectivity index (χ0v) is 14.2. The molecule has 1 saturated heterocycles. The van der Waals surface area contributed by atoms with Gasteiger partial charge in [0.25, 0.3) is 0 Å². The first-order valence-electron chi connectivity index (χ1n) is 8.70. The SMILES string of the molecule is C[C@@H]1CN(CCCCOc2ccc3ccccc3c2)C[C@H](C)O1. The third-order valence-electron chi connectivity index (χ3n) is 4.35. The number of hydrogen-bond acceptors (Lipinski definition) is 3. The third kappa shape index (κ3) is 4.69. The highest BCUT2D eigenvalue weighted by atomic mass is 16.5. The van der Waals surface area contributed by atoms with Gasteiger partial charge in [0.15, 0.2) is 0 Å². The van der Waals surface area contributed by atoms with E-state index in [1.807, 2.05) is 0 Å². The molecule has 0 saturated carbocycles. The summed E-state index contributed by atoms with van der Waals surface area (Å²) >= 11 is 0. The molecule has 1 aliphatic rings. The van der Waals surface area contributed by atoms with Crippen molar-refractivity contribution in [2.75, 3.05) is 26.2 Å². The van der Waals surface area contributed by atoms with Gasteiger partial charge in [0, 0.05) is 13.1 Å². The summed E-state index contributed by atoms with van der Waals surface area (Å²) in [6, 6.07) is 14.7.